The number of benzene rings is 1. The second-order valence-electron chi connectivity index (χ2n) is 4.49. The molecule has 1 heteroatoms. The van der Waals surface area contributed by atoms with Gasteiger partial charge in [0.05, 0.1) is 0 Å². The van der Waals surface area contributed by atoms with E-state index in [-0.39, 0.29) is 0 Å². The summed E-state index contributed by atoms with van der Waals surface area (Å²) in [5.74, 6) is 0.751. The Labute approximate surface area is 92.9 Å². The predicted molar refractivity (Wildman–Crippen MR) is 65.3 cm³/mol. The average molecular weight is 203 g/mol. The molecule has 0 radical (unpaired) electrons. The first-order valence-corrected chi connectivity index (χ1v) is 6.20. The molecule has 1 aliphatic rings. The Morgan fingerprint density at radius 3 is 3.07 bits per heavy atom. The van der Waals surface area contributed by atoms with Gasteiger partial charge in [-0.25, -0.2) is 0 Å². The van der Waals surface area contributed by atoms with Crippen molar-refractivity contribution < 1.29 is 0 Å². The molecule has 0 spiro atoms. The summed E-state index contributed by atoms with van der Waals surface area (Å²) in [5.41, 5.74) is 3.17. The normalized spacial score (nSPS) is 19.9. The Morgan fingerprint density at radius 2 is 2.20 bits per heavy atom. The van der Waals surface area contributed by atoms with Gasteiger partial charge >= 0.3 is 0 Å². The highest BCUT2D eigenvalue weighted by Crippen LogP contribution is 2.30. The summed E-state index contributed by atoms with van der Waals surface area (Å²) in [4.78, 5) is 0. The van der Waals surface area contributed by atoms with Gasteiger partial charge in [-0.3, -0.25) is 0 Å². The molecule has 0 heterocycles. The van der Waals surface area contributed by atoms with Gasteiger partial charge in [-0.05, 0) is 49.3 Å². The topological polar surface area (TPSA) is 12.0 Å². The molecule has 1 aliphatic carbocycles. The Hall–Kier alpha value is -0.820. The lowest BCUT2D eigenvalue weighted by Crippen LogP contribution is -2.24. The molecule has 1 aromatic carbocycles. The zero-order valence-corrected chi connectivity index (χ0v) is 9.63. The van der Waals surface area contributed by atoms with Gasteiger partial charge in [-0.2, -0.15) is 0 Å². The Kier molecular flexibility index (Phi) is 3.79. The van der Waals surface area contributed by atoms with Gasteiger partial charge < -0.3 is 5.32 Å². The molecule has 1 nitrogen and oxygen atoms in total. The summed E-state index contributed by atoms with van der Waals surface area (Å²) in [6.45, 7) is 4.53. The zero-order valence-electron chi connectivity index (χ0n) is 9.63. The molecule has 0 fully saturated rings. The van der Waals surface area contributed by atoms with Crippen molar-refractivity contribution in [1.29, 1.82) is 0 Å². The van der Waals surface area contributed by atoms with E-state index in [1.54, 1.807) is 11.1 Å². The zero-order chi connectivity index (χ0) is 10.5. The number of nitrogens with one attached hydrogen (secondary N) is 1. The molecule has 0 amide bonds. The highest BCUT2D eigenvalue weighted by Gasteiger charge is 2.18. The molecular weight excluding hydrogens is 182 g/mol. The third-order valence-corrected chi connectivity index (χ3v) is 3.31. The molecule has 0 aromatic heterocycles. The van der Waals surface area contributed by atoms with Crippen molar-refractivity contribution in [3.8, 4) is 0 Å². The standard InChI is InChI=1S/C14H21N/c1-2-10-15-11-13-8-5-7-12-6-3-4-9-14(12)13/h3-4,6,9,13,15H,2,5,7-8,10-11H2,1H3. The summed E-state index contributed by atoms with van der Waals surface area (Å²) < 4.78 is 0. The Morgan fingerprint density at radius 1 is 1.33 bits per heavy atom. The van der Waals surface area contributed by atoms with Gasteiger partial charge in [0.15, 0.2) is 0 Å². The molecule has 0 saturated heterocycles. The molecule has 1 aromatic rings. The highest BCUT2D eigenvalue weighted by molar-refractivity contribution is 5.32. The van der Waals surface area contributed by atoms with Crippen LogP contribution in [0.2, 0.25) is 0 Å². The van der Waals surface area contributed by atoms with Crippen LogP contribution in [0.5, 0.6) is 0 Å². The molecule has 2 rings (SSSR count). The maximum Gasteiger partial charge on any atom is 0.00202 e. The summed E-state index contributed by atoms with van der Waals surface area (Å²) >= 11 is 0. The molecule has 1 N–H and O–H groups in total. The monoisotopic (exact) mass is 203 g/mol. The first-order valence-electron chi connectivity index (χ1n) is 6.20. The van der Waals surface area contributed by atoms with Gasteiger partial charge in [0.25, 0.3) is 0 Å². The highest BCUT2D eigenvalue weighted by atomic mass is 14.8. The number of aryl methyl sites for hydroxylation is 1. The fraction of sp³-hybridized carbons (Fsp3) is 0.571. The predicted octanol–water partition coefficient (Wildman–Crippen LogP) is 3.11. The first kappa shape index (κ1) is 10.7. The van der Waals surface area contributed by atoms with Gasteiger partial charge in [0, 0.05) is 6.54 Å². The van der Waals surface area contributed by atoms with Crippen LogP contribution in [0.3, 0.4) is 0 Å². The van der Waals surface area contributed by atoms with E-state index in [2.05, 4.69) is 36.5 Å². The molecule has 82 valence electrons. The summed E-state index contributed by atoms with van der Waals surface area (Å²) in [6.07, 6.45) is 5.22. The van der Waals surface area contributed by atoms with E-state index in [1.165, 1.54) is 25.7 Å². The quantitative estimate of drug-likeness (QED) is 0.741. The minimum Gasteiger partial charge on any atom is -0.316 e. The largest absolute Gasteiger partial charge is 0.316 e. The van der Waals surface area contributed by atoms with E-state index in [1.807, 2.05) is 0 Å². The molecule has 1 unspecified atom stereocenters. The van der Waals surface area contributed by atoms with Crippen molar-refractivity contribution in [2.75, 3.05) is 13.1 Å². The van der Waals surface area contributed by atoms with Crippen molar-refractivity contribution in [3.63, 3.8) is 0 Å². The van der Waals surface area contributed by atoms with Crippen LogP contribution in [0.4, 0.5) is 0 Å². The van der Waals surface area contributed by atoms with Crippen LogP contribution in [0.25, 0.3) is 0 Å². The van der Waals surface area contributed by atoms with E-state index in [0.29, 0.717) is 0 Å². The van der Waals surface area contributed by atoms with Crippen LogP contribution in [0.15, 0.2) is 24.3 Å². The number of fused-ring (bicyclic) bond motifs is 1. The minimum atomic E-state index is 0.751. The Bertz CT molecular complexity index is 306. The lowest BCUT2D eigenvalue weighted by atomic mass is 9.83. The SMILES string of the molecule is CCCNCC1CCCc2ccccc21. The third kappa shape index (κ3) is 2.60. The Balaban J connectivity index is 2.02. The van der Waals surface area contributed by atoms with E-state index in [0.717, 1.165) is 19.0 Å². The van der Waals surface area contributed by atoms with E-state index in [9.17, 15) is 0 Å². The van der Waals surface area contributed by atoms with E-state index in [4.69, 9.17) is 0 Å². The number of hydrogen-bond acceptors (Lipinski definition) is 1. The van der Waals surface area contributed by atoms with Gasteiger partial charge in [0.1, 0.15) is 0 Å². The second-order valence-corrected chi connectivity index (χ2v) is 4.49. The van der Waals surface area contributed by atoms with E-state index >= 15 is 0 Å². The summed E-state index contributed by atoms with van der Waals surface area (Å²) in [7, 11) is 0. The maximum atomic E-state index is 3.55. The lowest BCUT2D eigenvalue weighted by Gasteiger charge is -2.25. The van der Waals surface area contributed by atoms with Gasteiger partial charge in [0.2, 0.25) is 0 Å². The van der Waals surface area contributed by atoms with Crippen molar-refractivity contribution in [1.82, 2.24) is 5.32 Å². The number of rotatable bonds is 4. The fourth-order valence-corrected chi connectivity index (χ4v) is 2.52. The third-order valence-electron chi connectivity index (χ3n) is 3.31. The average Bonchev–Trinajstić information content (AvgIpc) is 2.30. The van der Waals surface area contributed by atoms with Gasteiger partial charge in [-0.15, -0.1) is 0 Å². The van der Waals surface area contributed by atoms with Crippen LogP contribution < -0.4 is 5.32 Å². The molecule has 0 bridgehead atoms. The lowest BCUT2D eigenvalue weighted by molar-refractivity contribution is 0.507. The molecule has 0 saturated carbocycles. The fourth-order valence-electron chi connectivity index (χ4n) is 2.52. The molecule has 0 aliphatic heterocycles. The van der Waals surface area contributed by atoms with Gasteiger partial charge in [-0.1, -0.05) is 31.2 Å². The first-order chi connectivity index (χ1) is 7.42. The molecule has 15 heavy (non-hydrogen) atoms. The summed E-state index contributed by atoms with van der Waals surface area (Å²) in [6, 6.07) is 8.95. The molecule has 1 atom stereocenters. The van der Waals surface area contributed by atoms with Crippen LogP contribution >= 0.6 is 0 Å². The second kappa shape index (κ2) is 5.32. The smallest absolute Gasteiger partial charge is 0.00202 e. The van der Waals surface area contributed by atoms with E-state index < -0.39 is 0 Å². The number of hydrogen-bond donors (Lipinski definition) is 1. The van der Waals surface area contributed by atoms with Crippen LogP contribution in [0, 0.1) is 0 Å². The molecular formula is C14H21N. The van der Waals surface area contributed by atoms with Crippen LogP contribution in [-0.2, 0) is 6.42 Å². The maximum absolute atomic E-state index is 3.55. The minimum absolute atomic E-state index is 0.751. The van der Waals surface area contributed by atoms with Crippen molar-refractivity contribution in [3.05, 3.63) is 35.4 Å². The van der Waals surface area contributed by atoms with Crippen LogP contribution in [-0.4, -0.2) is 13.1 Å². The van der Waals surface area contributed by atoms with Crippen LogP contribution in [0.1, 0.15) is 43.2 Å². The van der Waals surface area contributed by atoms with Crippen molar-refractivity contribution in [2.45, 2.75) is 38.5 Å². The summed E-state index contributed by atoms with van der Waals surface area (Å²) in [5, 5.41) is 3.55. The van der Waals surface area contributed by atoms with Crippen molar-refractivity contribution in [2.24, 2.45) is 0 Å². The van der Waals surface area contributed by atoms with Crippen molar-refractivity contribution >= 4 is 0 Å².